The summed E-state index contributed by atoms with van der Waals surface area (Å²) in [5.41, 5.74) is 2.69. The zero-order valence-electron chi connectivity index (χ0n) is 16.2. The van der Waals surface area contributed by atoms with Gasteiger partial charge >= 0.3 is 0 Å². The summed E-state index contributed by atoms with van der Waals surface area (Å²) in [6, 6.07) is 8.97. The topological polar surface area (TPSA) is 49.9 Å². The van der Waals surface area contributed by atoms with E-state index in [4.69, 9.17) is 4.74 Å². The van der Waals surface area contributed by atoms with E-state index in [1.807, 2.05) is 0 Å². The van der Waals surface area contributed by atoms with Crippen LogP contribution in [-0.4, -0.2) is 62.3 Å². The number of fused-ring (bicyclic) bond motifs is 1. The maximum atomic E-state index is 12.5. The van der Waals surface area contributed by atoms with E-state index >= 15 is 0 Å². The van der Waals surface area contributed by atoms with Crippen LogP contribution >= 0.6 is 0 Å². The van der Waals surface area contributed by atoms with Gasteiger partial charge in [-0.05, 0) is 30.4 Å². The Balaban J connectivity index is 1.66. The molecule has 0 aromatic heterocycles. The highest BCUT2D eigenvalue weighted by atomic mass is 32.2. The Kier molecular flexibility index (Phi) is 6.38. The van der Waals surface area contributed by atoms with E-state index in [0.29, 0.717) is 25.7 Å². The molecule has 0 radical (unpaired) electrons. The number of piperidine rings is 1. The van der Waals surface area contributed by atoms with Crippen LogP contribution in [0, 0.1) is 5.92 Å². The van der Waals surface area contributed by atoms with Crippen molar-refractivity contribution in [3.8, 4) is 0 Å². The Morgan fingerprint density at radius 2 is 1.92 bits per heavy atom. The fourth-order valence-corrected chi connectivity index (χ4v) is 5.49. The molecule has 2 aliphatic rings. The third kappa shape index (κ3) is 4.47. The number of sulfonamides is 1. The minimum atomic E-state index is -3.17. The van der Waals surface area contributed by atoms with Crippen molar-refractivity contribution in [1.82, 2.24) is 9.21 Å². The standard InChI is InChI=1S/C20H32N2O3S/c1-4-26(23,24)22-11-12-25-15-19-14-21(10-9-20(19)22)13-17-5-7-18(8-6-17)16(2)3/h5-8,16,19-20H,4,9-15H2,1-3H3/t19-,20-/m1/s1. The van der Waals surface area contributed by atoms with Gasteiger partial charge in [0.05, 0.1) is 19.0 Å². The molecular formula is C20H32N2O3S. The summed E-state index contributed by atoms with van der Waals surface area (Å²) >= 11 is 0. The van der Waals surface area contributed by atoms with Gasteiger partial charge in [0.25, 0.3) is 0 Å². The fraction of sp³-hybridized carbons (Fsp3) is 0.700. The summed E-state index contributed by atoms with van der Waals surface area (Å²) in [6.45, 7) is 10.5. The zero-order chi connectivity index (χ0) is 18.7. The summed E-state index contributed by atoms with van der Waals surface area (Å²) in [6.07, 6.45) is 0.886. The molecule has 1 aromatic rings. The van der Waals surface area contributed by atoms with E-state index in [2.05, 4.69) is 43.0 Å². The van der Waals surface area contributed by atoms with Gasteiger partial charge in [-0.15, -0.1) is 0 Å². The van der Waals surface area contributed by atoms with Crippen LogP contribution in [0.2, 0.25) is 0 Å². The highest BCUT2D eigenvalue weighted by Crippen LogP contribution is 2.28. The minimum Gasteiger partial charge on any atom is -0.380 e. The maximum absolute atomic E-state index is 12.5. The van der Waals surface area contributed by atoms with Gasteiger partial charge in [0, 0.05) is 38.1 Å². The smallest absolute Gasteiger partial charge is 0.214 e. The predicted octanol–water partition coefficient (Wildman–Crippen LogP) is 2.68. The molecule has 0 bridgehead atoms. The molecule has 5 nitrogen and oxygen atoms in total. The third-order valence-electron chi connectivity index (χ3n) is 5.71. The summed E-state index contributed by atoms with van der Waals surface area (Å²) < 4.78 is 32.4. The van der Waals surface area contributed by atoms with Gasteiger partial charge in [0.15, 0.2) is 0 Å². The number of hydrogen-bond donors (Lipinski definition) is 0. The Morgan fingerprint density at radius 3 is 2.58 bits per heavy atom. The van der Waals surface area contributed by atoms with E-state index in [-0.39, 0.29) is 17.7 Å². The molecule has 0 saturated carbocycles. The Bertz CT molecular complexity index is 688. The third-order valence-corrected chi connectivity index (χ3v) is 7.61. The van der Waals surface area contributed by atoms with Gasteiger partial charge < -0.3 is 4.74 Å². The first-order chi connectivity index (χ1) is 12.4. The fourth-order valence-electron chi connectivity index (χ4n) is 4.11. The summed E-state index contributed by atoms with van der Waals surface area (Å²) in [5, 5.41) is 0. The first-order valence-electron chi connectivity index (χ1n) is 9.79. The van der Waals surface area contributed by atoms with Crippen LogP contribution in [0.25, 0.3) is 0 Å². The maximum Gasteiger partial charge on any atom is 0.214 e. The van der Waals surface area contributed by atoms with E-state index < -0.39 is 10.0 Å². The molecule has 2 fully saturated rings. The van der Waals surface area contributed by atoms with Crippen LogP contribution in [0.5, 0.6) is 0 Å². The van der Waals surface area contributed by atoms with Gasteiger partial charge in [0.2, 0.25) is 10.0 Å². The molecule has 0 aliphatic carbocycles. The first-order valence-corrected chi connectivity index (χ1v) is 11.4. The lowest BCUT2D eigenvalue weighted by atomic mass is 9.92. The van der Waals surface area contributed by atoms with E-state index in [0.717, 1.165) is 26.1 Å². The quantitative estimate of drug-likeness (QED) is 0.788. The van der Waals surface area contributed by atoms with Gasteiger partial charge in [0.1, 0.15) is 0 Å². The molecule has 2 atom stereocenters. The SMILES string of the molecule is CCS(=O)(=O)N1CCOC[C@H]2CN(Cc3ccc(C(C)C)cc3)CC[C@H]21. The monoisotopic (exact) mass is 380 g/mol. The van der Waals surface area contributed by atoms with Crippen LogP contribution in [0.15, 0.2) is 24.3 Å². The van der Waals surface area contributed by atoms with E-state index in [1.54, 1.807) is 11.2 Å². The molecule has 1 aromatic carbocycles. The molecule has 26 heavy (non-hydrogen) atoms. The Hall–Kier alpha value is -0.950. The molecule has 2 saturated heterocycles. The summed E-state index contributed by atoms with van der Waals surface area (Å²) in [7, 11) is -3.17. The number of hydrogen-bond acceptors (Lipinski definition) is 4. The molecular weight excluding hydrogens is 348 g/mol. The highest BCUT2D eigenvalue weighted by molar-refractivity contribution is 7.89. The van der Waals surface area contributed by atoms with Gasteiger partial charge in [-0.2, -0.15) is 4.31 Å². The number of nitrogens with zero attached hydrogens (tertiary/aromatic N) is 2. The largest absolute Gasteiger partial charge is 0.380 e. The van der Waals surface area contributed by atoms with Crippen LogP contribution < -0.4 is 0 Å². The Morgan fingerprint density at radius 1 is 1.19 bits per heavy atom. The van der Waals surface area contributed by atoms with Gasteiger partial charge in [-0.3, -0.25) is 4.90 Å². The lowest BCUT2D eigenvalue weighted by molar-refractivity contribution is 0.0612. The summed E-state index contributed by atoms with van der Waals surface area (Å²) in [5.74, 6) is 0.972. The normalized spacial score (nSPS) is 25.8. The number of ether oxygens (including phenoxy) is 1. The molecule has 3 rings (SSSR count). The molecule has 6 heteroatoms. The second kappa shape index (κ2) is 8.38. The average molecular weight is 381 g/mol. The molecule has 2 aliphatic heterocycles. The van der Waals surface area contributed by atoms with Crippen molar-refractivity contribution in [2.45, 2.75) is 45.7 Å². The van der Waals surface area contributed by atoms with Crippen LogP contribution in [-0.2, 0) is 21.3 Å². The lowest BCUT2D eigenvalue weighted by Crippen LogP contribution is -2.53. The molecule has 2 heterocycles. The second-order valence-corrected chi connectivity index (χ2v) is 10.0. The molecule has 0 unspecified atom stereocenters. The molecule has 0 N–H and O–H groups in total. The molecule has 0 spiro atoms. The molecule has 0 amide bonds. The van der Waals surface area contributed by atoms with Crippen molar-refractivity contribution in [2.75, 3.05) is 38.6 Å². The van der Waals surface area contributed by atoms with E-state index in [9.17, 15) is 8.42 Å². The van der Waals surface area contributed by atoms with Crippen LogP contribution in [0.1, 0.15) is 44.2 Å². The average Bonchev–Trinajstić information content (AvgIpc) is 2.84. The minimum absolute atomic E-state index is 0.0852. The zero-order valence-corrected chi connectivity index (χ0v) is 17.0. The van der Waals surface area contributed by atoms with Crippen molar-refractivity contribution < 1.29 is 13.2 Å². The predicted molar refractivity (Wildman–Crippen MR) is 105 cm³/mol. The van der Waals surface area contributed by atoms with Crippen LogP contribution in [0.3, 0.4) is 0 Å². The highest BCUT2D eigenvalue weighted by Gasteiger charge is 2.39. The number of rotatable bonds is 5. The van der Waals surface area contributed by atoms with Gasteiger partial charge in [-0.1, -0.05) is 38.1 Å². The lowest BCUT2D eigenvalue weighted by Gasteiger charge is -2.41. The van der Waals surface area contributed by atoms with Crippen molar-refractivity contribution in [3.63, 3.8) is 0 Å². The number of benzene rings is 1. The van der Waals surface area contributed by atoms with Gasteiger partial charge in [-0.25, -0.2) is 8.42 Å². The van der Waals surface area contributed by atoms with Crippen LogP contribution in [0.4, 0.5) is 0 Å². The second-order valence-electron chi connectivity index (χ2n) is 7.83. The van der Waals surface area contributed by atoms with Crippen molar-refractivity contribution in [2.24, 2.45) is 5.92 Å². The van der Waals surface area contributed by atoms with E-state index in [1.165, 1.54) is 11.1 Å². The van der Waals surface area contributed by atoms with Crippen molar-refractivity contribution >= 4 is 10.0 Å². The van der Waals surface area contributed by atoms with Crippen molar-refractivity contribution in [3.05, 3.63) is 35.4 Å². The first kappa shape index (κ1) is 19.8. The summed E-state index contributed by atoms with van der Waals surface area (Å²) in [4.78, 5) is 2.44. The Labute approximate surface area is 158 Å². The molecule has 146 valence electrons. The number of likely N-dealkylation sites (tertiary alicyclic amines) is 1. The van der Waals surface area contributed by atoms with Crippen molar-refractivity contribution in [1.29, 1.82) is 0 Å².